The first-order chi connectivity index (χ1) is 7.11. The zero-order chi connectivity index (χ0) is 11.4. The molecule has 0 spiro atoms. The van der Waals surface area contributed by atoms with Crippen molar-refractivity contribution in [2.75, 3.05) is 0 Å². The van der Waals surface area contributed by atoms with Crippen LogP contribution in [0, 0.1) is 17.1 Å². The molecule has 0 unspecified atom stereocenters. The first-order valence-corrected chi connectivity index (χ1v) is 5.11. The highest BCUT2D eigenvalue weighted by atomic mass is 79.9. The number of rotatable bonds is 3. The van der Waals surface area contributed by atoms with Gasteiger partial charge >= 0.3 is 0 Å². The average molecular weight is 279 g/mol. The molecule has 1 rings (SSSR count). The van der Waals surface area contributed by atoms with Crippen molar-refractivity contribution in [3.8, 4) is 6.07 Å². The molecule has 0 aliphatic heterocycles. The lowest BCUT2D eigenvalue weighted by atomic mass is 10.1. The Hall–Kier alpha value is -1.09. The Bertz CT molecular complexity index is 401. The lowest BCUT2D eigenvalue weighted by Crippen LogP contribution is -2.03. The predicted molar refractivity (Wildman–Crippen MR) is 51.1 cm³/mol. The fourth-order valence-electron chi connectivity index (χ4n) is 1.10. The minimum atomic E-state index is -2.90. The quantitative estimate of drug-likeness (QED) is 0.797. The summed E-state index contributed by atoms with van der Waals surface area (Å²) in [5.41, 5.74) is -0.517. The van der Waals surface area contributed by atoms with Gasteiger partial charge in [-0.15, -0.1) is 0 Å². The lowest BCUT2D eigenvalue weighted by Gasteiger charge is -2.08. The zero-order valence-corrected chi connectivity index (χ0v) is 9.06. The highest BCUT2D eigenvalue weighted by Crippen LogP contribution is 2.26. The van der Waals surface area contributed by atoms with Gasteiger partial charge in [0, 0.05) is 17.1 Å². The Balaban J connectivity index is 3.27. The summed E-state index contributed by atoms with van der Waals surface area (Å²) < 4.78 is 38.1. The van der Waals surface area contributed by atoms with E-state index in [9.17, 15) is 13.2 Å². The molecule has 0 aliphatic rings. The number of alkyl halides is 3. The van der Waals surface area contributed by atoms with Crippen LogP contribution >= 0.6 is 15.9 Å². The van der Waals surface area contributed by atoms with E-state index in [1.165, 1.54) is 0 Å². The zero-order valence-electron chi connectivity index (χ0n) is 7.48. The summed E-state index contributed by atoms with van der Waals surface area (Å²) in [6.45, 7) is 0. The van der Waals surface area contributed by atoms with Crippen LogP contribution in [-0.2, 0) is 11.8 Å². The standard InChI is InChI=1S/C9H6BrF3N2/c10-3-5-7(1-2-14)15-4-6(8(5)11)9(12)13/h4,9H,1,3H2. The monoisotopic (exact) mass is 278 g/mol. The van der Waals surface area contributed by atoms with Gasteiger partial charge in [0.1, 0.15) is 5.82 Å². The fraction of sp³-hybridized carbons (Fsp3) is 0.333. The van der Waals surface area contributed by atoms with Gasteiger partial charge in [-0.3, -0.25) is 4.98 Å². The van der Waals surface area contributed by atoms with Crippen molar-refractivity contribution in [2.24, 2.45) is 0 Å². The predicted octanol–water partition coefficient (Wildman–Crippen LogP) is 3.12. The van der Waals surface area contributed by atoms with E-state index in [0.717, 1.165) is 6.20 Å². The van der Waals surface area contributed by atoms with Gasteiger partial charge < -0.3 is 0 Å². The first kappa shape index (κ1) is 12.0. The molecule has 0 fully saturated rings. The van der Waals surface area contributed by atoms with Gasteiger partial charge in [0.05, 0.1) is 23.7 Å². The summed E-state index contributed by atoms with van der Waals surface area (Å²) in [5.74, 6) is -0.984. The van der Waals surface area contributed by atoms with Crippen LogP contribution in [0.1, 0.15) is 23.2 Å². The van der Waals surface area contributed by atoms with Gasteiger partial charge in [-0.1, -0.05) is 15.9 Å². The smallest absolute Gasteiger partial charge is 0.259 e. The van der Waals surface area contributed by atoms with Crippen LogP contribution in [0.15, 0.2) is 6.20 Å². The molecule has 1 heterocycles. The highest BCUT2D eigenvalue weighted by molar-refractivity contribution is 9.08. The molecule has 0 N–H and O–H groups in total. The van der Waals surface area contributed by atoms with Gasteiger partial charge in [-0.05, 0) is 0 Å². The highest BCUT2D eigenvalue weighted by Gasteiger charge is 2.19. The molecule has 80 valence electrons. The largest absolute Gasteiger partial charge is 0.268 e. The normalized spacial score (nSPS) is 10.4. The van der Waals surface area contributed by atoms with Crippen LogP contribution in [0.4, 0.5) is 13.2 Å². The molecule has 6 heteroatoms. The topological polar surface area (TPSA) is 36.7 Å². The minimum Gasteiger partial charge on any atom is -0.259 e. The molecule has 0 bridgehead atoms. The molecule has 0 saturated heterocycles. The van der Waals surface area contributed by atoms with Crippen LogP contribution in [-0.4, -0.2) is 4.98 Å². The Morgan fingerprint density at radius 2 is 2.20 bits per heavy atom. The van der Waals surface area contributed by atoms with Crippen molar-refractivity contribution in [3.05, 3.63) is 28.8 Å². The summed E-state index contributed by atoms with van der Waals surface area (Å²) in [4.78, 5) is 3.65. The number of nitrogens with zero attached hydrogens (tertiary/aromatic N) is 2. The molecular formula is C9H6BrF3N2. The average Bonchev–Trinajstić information content (AvgIpc) is 2.18. The van der Waals surface area contributed by atoms with E-state index < -0.39 is 17.8 Å². The molecule has 0 saturated carbocycles. The van der Waals surface area contributed by atoms with Crippen LogP contribution in [0.25, 0.3) is 0 Å². The SMILES string of the molecule is N#CCc1ncc(C(F)F)c(F)c1CBr. The molecule has 0 aromatic carbocycles. The van der Waals surface area contributed by atoms with Crippen molar-refractivity contribution in [1.82, 2.24) is 4.98 Å². The Morgan fingerprint density at radius 3 is 2.67 bits per heavy atom. The van der Waals surface area contributed by atoms with Crippen LogP contribution in [0.2, 0.25) is 0 Å². The van der Waals surface area contributed by atoms with E-state index >= 15 is 0 Å². The molecule has 0 aliphatic carbocycles. The van der Waals surface area contributed by atoms with Gasteiger partial charge in [0.25, 0.3) is 6.43 Å². The Labute approximate surface area is 92.9 Å². The molecular weight excluding hydrogens is 273 g/mol. The number of halogens is 4. The second-order valence-corrected chi connectivity index (χ2v) is 3.28. The molecule has 0 amide bonds. The maximum absolute atomic E-state index is 13.4. The summed E-state index contributed by atoms with van der Waals surface area (Å²) in [6, 6.07) is 1.80. The van der Waals surface area contributed by atoms with E-state index in [2.05, 4.69) is 20.9 Å². The van der Waals surface area contributed by atoms with E-state index in [4.69, 9.17) is 5.26 Å². The summed E-state index contributed by atoms with van der Waals surface area (Å²) in [5, 5.41) is 8.49. The first-order valence-electron chi connectivity index (χ1n) is 3.99. The third kappa shape index (κ3) is 2.48. The van der Waals surface area contributed by atoms with E-state index in [1.807, 2.05) is 0 Å². The number of hydrogen-bond donors (Lipinski definition) is 0. The summed E-state index contributed by atoms with van der Waals surface area (Å²) >= 11 is 2.98. The van der Waals surface area contributed by atoms with Crippen LogP contribution in [0.3, 0.4) is 0 Å². The minimum absolute atomic E-state index is 0.0225. The third-order valence-corrected chi connectivity index (χ3v) is 2.40. The number of pyridine rings is 1. The van der Waals surface area contributed by atoms with E-state index in [-0.39, 0.29) is 23.0 Å². The molecule has 2 nitrogen and oxygen atoms in total. The van der Waals surface area contributed by atoms with Gasteiger partial charge in [-0.25, -0.2) is 13.2 Å². The van der Waals surface area contributed by atoms with Gasteiger partial charge in [-0.2, -0.15) is 5.26 Å². The number of aromatic nitrogens is 1. The second-order valence-electron chi connectivity index (χ2n) is 2.72. The van der Waals surface area contributed by atoms with Crippen LogP contribution < -0.4 is 0 Å². The summed E-state index contributed by atoms with van der Waals surface area (Å²) in [7, 11) is 0. The maximum atomic E-state index is 13.4. The van der Waals surface area contributed by atoms with Crippen molar-refractivity contribution in [1.29, 1.82) is 5.26 Å². The van der Waals surface area contributed by atoms with Crippen molar-refractivity contribution in [3.63, 3.8) is 0 Å². The van der Waals surface area contributed by atoms with E-state index in [0.29, 0.717) is 0 Å². The molecule has 0 atom stereocenters. The van der Waals surface area contributed by atoms with E-state index in [1.54, 1.807) is 6.07 Å². The molecule has 1 aromatic heterocycles. The number of nitriles is 1. The van der Waals surface area contributed by atoms with Crippen molar-refractivity contribution in [2.45, 2.75) is 18.2 Å². The fourth-order valence-corrected chi connectivity index (χ4v) is 1.67. The molecule has 15 heavy (non-hydrogen) atoms. The third-order valence-electron chi connectivity index (χ3n) is 1.84. The van der Waals surface area contributed by atoms with Gasteiger partial charge in [0.2, 0.25) is 0 Å². The Morgan fingerprint density at radius 1 is 1.53 bits per heavy atom. The van der Waals surface area contributed by atoms with Gasteiger partial charge in [0.15, 0.2) is 0 Å². The summed E-state index contributed by atoms with van der Waals surface area (Å²) in [6.07, 6.45) is -2.22. The molecule has 0 radical (unpaired) electrons. The lowest BCUT2D eigenvalue weighted by molar-refractivity contribution is 0.145. The van der Waals surface area contributed by atoms with Crippen LogP contribution in [0.5, 0.6) is 0 Å². The Kier molecular flexibility index (Phi) is 4.09. The van der Waals surface area contributed by atoms with Crippen molar-refractivity contribution >= 4 is 15.9 Å². The molecule has 1 aromatic rings. The van der Waals surface area contributed by atoms with Crippen molar-refractivity contribution < 1.29 is 13.2 Å². The maximum Gasteiger partial charge on any atom is 0.268 e. The second kappa shape index (κ2) is 5.12. The number of hydrogen-bond acceptors (Lipinski definition) is 2.